The van der Waals surface area contributed by atoms with Gasteiger partial charge in [-0.25, -0.2) is 9.67 Å². The summed E-state index contributed by atoms with van der Waals surface area (Å²) >= 11 is 7.26. The highest BCUT2D eigenvalue weighted by Crippen LogP contribution is 2.32. The molecule has 0 bridgehead atoms. The van der Waals surface area contributed by atoms with E-state index >= 15 is 0 Å². The first-order valence-corrected chi connectivity index (χ1v) is 13.5. The van der Waals surface area contributed by atoms with Crippen LogP contribution in [0.5, 0.6) is 11.5 Å². The van der Waals surface area contributed by atoms with Crippen LogP contribution in [0, 0.1) is 13.8 Å². The van der Waals surface area contributed by atoms with Gasteiger partial charge in [0.2, 0.25) is 4.80 Å². The van der Waals surface area contributed by atoms with Gasteiger partial charge in [-0.3, -0.25) is 0 Å². The van der Waals surface area contributed by atoms with Crippen LogP contribution in [-0.4, -0.2) is 10.9 Å². The van der Waals surface area contributed by atoms with Crippen molar-refractivity contribution in [2.45, 2.75) is 20.0 Å². The molecule has 0 aliphatic carbocycles. The van der Waals surface area contributed by atoms with Crippen LogP contribution in [0.15, 0.2) is 106 Å². The molecule has 0 saturated carbocycles. The van der Waals surface area contributed by atoms with Gasteiger partial charge in [0.1, 0.15) is 11.5 Å². The van der Waals surface area contributed by atoms with Crippen molar-refractivity contribution < 1.29 is 17.9 Å². The van der Waals surface area contributed by atoms with Gasteiger partial charge < -0.3 is 4.74 Å². The number of hydrogen-bond donors (Lipinski definition) is 0. The van der Waals surface area contributed by atoms with E-state index < -0.39 is 11.7 Å². The molecule has 40 heavy (non-hydrogen) atoms. The molecule has 0 amide bonds. The van der Waals surface area contributed by atoms with Crippen molar-refractivity contribution in [3.05, 3.63) is 128 Å². The van der Waals surface area contributed by atoms with Crippen molar-refractivity contribution in [2.75, 3.05) is 0 Å². The number of thiazole rings is 1. The van der Waals surface area contributed by atoms with Gasteiger partial charge in [-0.2, -0.15) is 18.3 Å². The zero-order valence-corrected chi connectivity index (χ0v) is 23.1. The average Bonchev–Trinajstić information content (AvgIpc) is 3.33. The second-order valence-electron chi connectivity index (χ2n) is 9.00. The van der Waals surface area contributed by atoms with Crippen LogP contribution in [0.1, 0.15) is 22.3 Å². The number of rotatable bonds is 6. The van der Waals surface area contributed by atoms with Crippen molar-refractivity contribution in [1.82, 2.24) is 4.68 Å². The normalized spacial score (nSPS) is 12.3. The molecule has 5 rings (SSSR count). The average molecular weight is 578 g/mol. The van der Waals surface area contributed by atoms with E-state index in [1.54, 1.807) is 46.6 Å². The molecule has 202 valence electrons. The third-order valence-electron chi connectivity index (χ3n) is 6.19. The highest BCUT2D eigenvalue weighted by atomic mass is 35.5. The molecule has 1 aromatic heterocycles. The monoisotopic (exact) mass is 577 g/mol. The Bertz CT molecular complexity index is 1760. The van der Waals surface area contributed by atoms with Crippen molar-refractivity contribution in [3.63, 3.8) is 0 Å². The maximum Gasteiger partial charge on any atom is 0.416 e. The van der Waals surface area contributed by atoms with Gasteiger partial charge in [0.25, 0.3) is 0 Å². The van der Waals surface area contributed by atoms with Crippen LogP contribution in [0.3, 0.4) is 0 Å². The van der Waals surface area contributed by atoms with Gasteiger partial charge >= 0.3 is 6.18 Å². The van der Waals surface area contributed by atoms with E-state index in [0.717, 1.165) is 34.5 Å². The van der Waals surface area contributed by atoms with E-state index in [0.29, 0.717) is 32.6 Å². The Hall–Kier alpha value is -4.14. The zero-order valence-electron chi connectivity index (χ0n) is 21.5. The SMILES string of the molecule is Cc1cccc(N=c2scc(-c3cccc(C(F)(F)F)c3)n2/N=C/c2cccc(Oc3ccc(Cl)cc3)c2)c1C. The van der Waals surface area contributed by atoms with Crippen LogP contribution >= 0.6 is 22.9 Å². The fourth-order valence-electron chi connectivity index (χ4n) is 3.92. The van der Waals surface area contributed by atoms with Crippen LogP contribution in [0.25, 0.3) is 11.3 Å². The van der Waals surface area contributed by atoms with Crippen LogP contribution < -0.4 is 9.54 Å². The Balaban J connectivity index is 1.57. The molecule has 0 unspecified atom stereocenters. The summed E-state index contributed by atoms with van der Waals surface area (Å²) in [5.41, 5.74) is 3.74. The lowest BCUT2D eigenvalue weighted by atomic mass is 10.1. The first-order chi connectivity index (χ1) is 19.2. The van der Waals surface area contributed by atoms with E-state index in [1.807, 2.05) is 56.3 Å². The van der Waals surface area contributed by atoms with Gasteiger partial charge in [-0.05, 0) is 85.1 Å². The second kappa shape index (κ2) is 11.5. The lowest BCUT2D eigenvalue weighted by Crippen LogP contribution is -2.12. The summed E-state index contributed by atoms with van der Waals surface area (Å²) in [6, 6.07) is 25.4. The number of aryl methyl sites for hydroxylation is 1. The molecule has 0 fully saturated rings. The predicted octanol–water partition coefficient (Wildman–Crippen LogP) is 9.41. The maximum atomic E-state index is 13.5. The maximum absolute atomic E-state index is 13.5. The number of nitrogens with zero attached hydrogens (tertiary/aromatic N) is 3. The minimum Gasteiger partial charge on any atom is -0.457 e. The van der Waals surface area contributed by atoms with E-state index in [-0.39, 0.29) is 0 Å². The Morgan fingerprint density at radius 2 is 1.62 bits per heavy atom. The van der Waals surface area contributed by atoms with Gasteiger partial charge in [0, 0.05) is 16.0 Å². The molecule has 9 heteroatoms. The Morgan fingerprint density at radius 3 is 2.40 bits per heavy atom. The first-order valence-electron chi connectivity index (χ1n) is 12.2. The van der Waals surface area contributed by atoms with Crippen LogP contribution in [0.2, 0.25) is 5.02 Å². The summed E-state index contributed by atoms with van der Waals surface area (Å²) in [7, 11) is 0. The number of ether oxygens (including phenoxy) is 1. The number of aromatic nitrogens is 1. The highest BCUT2D eigenvalue weighted by molar-refractivity contribution is 7.07. The second-order valence-corrected chi connectivity index (χ2v) is 10.3. The van der Waals surface area contributed by atoms with E-state index in [4.69, 9.17) is 21.3 Å². The summed E-state index contributed by atoms with van der Waals surface area (Å²) < 4.78 is 47.9. The summed E-state index contributed by atoms with van der Waals surface area (Å²) in [5.74, 6) is 1.23. The molecule has 0 N–H and O–H groups in total. The summed E-state index contributed by atoms with van der Waals surface area (Å²) in [5, 5.41) is 7.04. The fourth-order valence-corrected chi connectivity index (χ4v) is 4.90. The summed E-state index contributed by atoms with van der Waals surface area (Å²) in [6.45, 7) is 3.98. The third-order valence-corrected chi connectivity index (χ3v) is 7.26. The molecule has 5 aromatic rings. The number of alkyl halides is 3. The smallest absolute Gasteiger partial charge is 0.416 e. The van der Waals surface area contributed by atoms with Gasteiger partial charge in [-0.1, -0.05) is 48.0 Å². The Labute approximate surface area is 238 Å². The Morgan fingerprint density at radius 1 is 0.875 bits per heavy atom. The molecule has 0 saturated heterocycles. The lowest BCUT2D eigenvalue weighted by Gasteiger charge is -2.09. The van der Waals surface area contributed by atoms with Crippen molar-refractivity contribution >= 4 is 34.8 Å². The van der Waals surface area contributed by atoms with E-state index in [2.05, 4.69) is 5.10 Å². The van der Waals surface area contributed by atoms with Gasteiger partial charge in [0.05, 0.1) is 23.2 Å². The molecule has 0 aliphatic heterocycles. The van der Waals surface area contributed by atoms with E-state index in [1.165, 1.54) is 17.4 Å². The molecule has 4 aromatic carbocycles. The fraction of sp³-hybridized carbons (Fsp3) is 0.0968. The number of halogens is 4. The molecule has 4 nitrogen and oxygen atoms in total. The minimum absolute atomic E-state index is 0.380. The van der Waals surface area contributed by atoms with Gasteiger partial charge in [0.15, 0.2) is 0 Å². The highest BCUT2D eigenvalue weighted by Gasteiger charge is 2.30. The summed E-state index contributed by atoms with van der Waals surface area (Å²) in [6.07, 6.45) is -2.84. The topological polar surface area (TPSA) is 38.9 Å². The standard InChI is InChI=1S/C31H23ClF3N3OS/c1-20-6-3-11-28(21(20)2)37-30-38(29(19-40-30)23-8-5-9-24(17-23)31(33,34)35)36-18-22-7-4-10-27(16-22)39-26-14-12-25(32)13-15-26/h3-19H,1-2H3/b36-18+,37-30?. The first kappa shape index (κ1) is 27.4. The summed E-state index contributed by atoms with van der Waals surface area (Å²) in [4.78, 5) is 5.34. The molecular formula is C31H23ClF3N3OS. The third kappa shape index (κ3) is 6.35. The molecule has 0 aliphatic rings. The minimum atomic E-state index is -4.46. The molecular weight excluding hydrogens is 555 g/mol. The molecule has 1 heterocycles. The number of hydrogen-bond acceptors (Lipinski definition) is 4. The number of benzene rings is 4. The van der Waals surface area contributed by atoms with Crippen LogP contribution in [-0.2, 0) is 6.18 Å². The Kier molecular flexibility index (Phi) is 7.91. The van der Waals surface area contributed by atoms with Crippen LogP contribution in [0.4, 0.5) is 18.9 Å². The predicted molar refractivity (Wildman–Crippen MR) is 155 cm³/mol. The van der Waals surface area contributed by atoms with E-state index in [9.17, 15) is 13.2 Å². The molecule has 0 spiro atoms. The van der Waals surface area contributed by atoms with Gasteiger partial charge in [-0.15, -0.1) is 11.3 Å². The van der Waals surface area contributed by atoms with Crippen molar-refractivity contribution in [2.24, 2.45) is 10.1 Å². The van der Waals surface area contributed by atoms with Crippen molar-refractivity contribution in [3.8, 4) is 22.8 Å². The quantitative estimate of drug-likeness (QED) is 0.185. The molecule has 0 radical (unpaired) electrons. The van der Waals surface area contributed by atoms with Crippen molar-refractivity contribution in [1.29, 1.82) is 0 Å². The molecule has 0 atom stereocenters. The lowest BCUT2D eigenvalue weighted by molar-refractivity contribution is -0.137. The largest absolute Gasteiger partial charge is 0.457 e. The zero-order chi connectivity index (χ0) is 28.3.